The molecule has 0 aliphatic heterocycles. The molecule has 2 nitrogen and oxygen atoms in total. The highest BCUT2D eigenvalue weighted by atomic mass is 19.2. The number of halogens is 2. The number of carbonyl (C=O) groups excluding carboxylic acids is 1. The second-order valence-electron chi connectivity index (χ2n) is 3.79. The molecule has 0 saturated heterocycles. The molecule has 4 heteroatoms. The number of nitrogens with one attached hydrogen (secondary N) is 1. The zero-order valence-electron chi connectivity index (χ0n) is 9.39. The van der Waals surface area contributed by atoms with Crippen LogP contribution in [0.15, 0.2) is 18.2 Å². The zero-order valence-corrected chi connectivity index (χ0v) is 9.39. The fourth-order valence-electron chi connectivity index (χ4n) is 1.45. The van der Waals surface area contributed by atoms with Crippen LogP contribution in [0.1, 0.15) is 37.0 Å². The molecule has 1 rings (SSSR count). The Balaban J connectivity index is 2.69. The molecule has 0 radical (unpaired) electrons. The fourth-order valence-corrected chi connectivity index (χ4v) is 1.45. The number of benzene rings is 1. The van der Waals surface area contributed by atoms with Gasteiger partial charge in [-0.2, -0.15) is 0 Å². The Bertz CT molecular complexity index is 379. The topological polar surface area (TPSA) is 29.1 Å². The van der Waals surface area contributed by atoms with Gasteiger partial charge in [0.05, 0.1) is 0 Å². The first-order valence-electron chi connectivity index (χ1n) is 5.30. The molecule has 0 saturated carbocycles. The van der Waals surface area contributed by atoms with Crippen LogP contribution < -0.4 is 5.32 Å². The van der Waals surface area contributed by atoms with Crippen LogP contribution in [0, 0.1) is 11.6 Å². The quantitative estimate of drug-likeness (QED) is 0.841. The fraction of sp³-hybridized carbons (Fsp3) is 0.417. The van der Waals surface area contributed by atoms with E-state index in [0.29, 0.717) is 0 Å². The number of amides is 1. The molecule has 0 bridgehead atoms. The Labute approximate surface area is 93.7 Å². The van der Waals surface area contributed by atoms with E-state index in [1.807, 2.05) is 13.8 Å². The van der Waals surface area contributed by atoms with E-state index in [0.717, 1.165) is 25.0 Å². The summed E-state index contributed by atoms with van der Waals surface area (Å²) in [4.78, 5) is 11.6. The SMILES string of the molecule is CCC[C@@H](C)NC(=O)c1ccc(F)c(F)c1. The molecule has 1 N–H and O–H groups in total. The summed E-state index contributed by atoms with van der Waals surface area (Å²) in [6.45, 7) is 3.89. The second kappa shape index (κ2) is 5.58. The van der Waals surface area contributed by atoms with Crippen LogP contribution in [0.3, 0.4) is 0 Å². The van der Waals surface area contributed by atoms with Gasteiger partial charge in [0.2, 0.25) is 0 Å². The van der Waals surface area contributed by atoms with E-state index in [9.17, 15) is 13.6 Å². The summed E-state index contributed by atoms with van der Waals surface area (Å²) in [6.07, 6.45) is 1.81. The van der Waals surface area contributed by atoms with Gasteiger partial charge in [0, 0.05) is 11.6 Å². The maximum atomic E-state index is 12.9. The average molecular weight is 227 g/mol. The summed E-state index contributed by atoms with van der Waals surface area (Å²) in [5, 5.41) is 2.72. The molecule has 0 aliphatic carbocycles. The number of rotatable bonds is 4. The molecule has 0 heterocycles. The Hall–Kier alpha value is -1.45. The van der Waals surface area contributed by atoms with Crippen LogP contribution >= 0.6 is 0 Å². The minimum atomic E-state index is -1.00. The van der Waals surface area contributed by atoms with Gasteiger partial charge in [-0.15, -0.1) is 0 Å². The van der Waals surface area contributed by atoms with Crippen molar-refractivity contribution < 1.29 is 13.6 Å². The van der Waals surface area contributed by atoms with Gasteiger partial charge in [-0.25, -0.2) is 8.78 Å². The summed E-state index contributed by atoms with van der Waals surface area (Å²) in [6, 6.07) is 3.16. The summed E-state index contributed by atoms with van der Waals surface area (Å²) < 4.78 is 25.5. The van der Waals surface area contributed by atoms with Gasteiger partial charge in [0.15, 0.2) is 11.6 Å². The van der Waals surface area contributed by atoms with E-state index in [1.54, 1.807) is 0 Å². The van der Waals surface area contributed by atoms with Crippen molar-refractivity contribution in [2.45, 2.75) is 32.7 Å². The predicted molar refractivity (Wildman–Crippen MR) is 58.2 cm³/mol. The van der Waals surface area contributed by atoms with Crippen molar-refractivity contribution in [3.05, 3.63) is 35.4 Å². The highest BCUT2D eigenvalue weighted by Gasteiger charge is 2.11. The van der Waals surface area contributed by atoms with E-state index in [2.05, 4.69) is 5.32 Å². The Kier molecular flexibility index (Phi) is 4.40. The van der Waals surface area contributed by atoms with E-state index >= 15 is 0 Å². The molecule has 0 unspecified atom stereocenters. The summed E-state index contributed by atoms with van der Waals surface area (Å²) in [5.41, 5.74) is 0.141. The summed E-state index contributed by atoms with van der Waals surface area (Å²) >= 11 is 0. The molecular weight excluding hydrogens is 212 g/mol. The number of hydrogen-bond acceptors (Lipinski definition) is 1. The van der Waals surface area contributed by atoms with Crippen molar-refractivity contribution in [2.24, 2.45) is 0 Å². The predicted octanol–water partition coefficient (Wildman–Crippen LogP) is 2.88. The van der Waals surface area contributed by atoms with Crippen LogP contribution in [-0.2, 0) is 0 Å². The lowest BCUT2D eigenvalue weighted by molar-refractivity contribution is 0.0937. The molecule has 1 aromatic rings. The van der Waals surface area contributed by atoms with Crippen LogP contribution in [0.2, 0.25) is 0 Å². The lowest BCUT2D eigenvalue weighted by atomic mass is 10.1. The molecule has 1 aromatic carbocycles. The van der Waals surface area contributed by atoms with Crippen LogP contribution in [0.5, 0.6) is 0 Å². The first-order valence-corrected chi connectivity index (χ1v) is 5.30. The van der Waals surface area contributed by atoms with Crippen LogP contribution in [0.25, 0.3) is 0 Å². The minimum Gasteiger partial charge on any atom is -0.350 e. The van der Waals surface area contributed by atoms with Gasteiger partial charge < -0.3 is 5.32 Å². The third-order valence-electron chi connectivity index (χ3n) is 2.28. The molecule has 88 valence electrons. The highest BCUT2D eigenvalue weighted by molar-refractivity contribution is 5.94. The third kappa shape index (κ3) is 3.29. The first kappa shape index (κ1) is 12.6. The van der Waals surface area contributed by atoms with Gasteiger partial charge >= 0.3 is 0 Å². The standard InChI is InChI=1S/C12H15F2NO/c1-3-4-8(2)15-12(16)9-5-6-10(13)11(14)7-9/h5-8H,3-4H2,1-2H3,(H,15,16)/t8-/m1/s1. The van der Waals surface area contributed by atoms with Crippen molar-refractivity contribution in [3.8, 4) is 0 Å². The molecule has 16 heavy (non-hydrogen) atoms. The lowest BCUT2D eigenvalue weighted by Crippen LogP contribution is -2.32. The Morgan fingerprint density at radius 3 is 2.62 bits per heavy atom. The highest BCUT2D eigenvalue weighted by Crippen LogP contribution is 2.09. The van der Waals surface area contributed by atoms with E-state index in [-0.39, 0.29) is 17.5 Å². The maximum Gasteiger partial charge on any atom is 0.251 e. The summed E-state index contributed by atoms with van der Waals surface area (Å²) in [7, 11) is 0. The van der Waals surface area contributed by atoms with E-state index in [1.165, 1.54) is 6.07 Å². The Morgan fingerprint density at radius 1 is 1.38 bits per heavy atom. The lowest BCUT2D eigenvalue weighted by Gasteiger charge is -2.12. The minimum absolute atomic E-state index is 0.0330. The first-order chi connectivity index (χ1) is 7.54. The summed E-state index contributed by atoms with van der Waals surface area (Å²) in [5.74, 6) is -2.33. The molecule has 1 atom stereocenters. The third-order valence-corrected chi connectivity index (χ3v) is 2.28. The van der Waals surface area contributed by atoms with Crippen molar-refractivity contribution in [2.75, 3.05) is 0 Å². The molecule has 0 aromatic heterocycles. The van der Waals surface area contributed by atoms with Gasteiger partial charge in [-0.05, 0) is 31.5 Å². The largest absolute Gasteiger partial charge is 0.350 e. The van der Waals surface area contributed by atoms with E-state index in [4.69, 9.17) is 0 Å². The van der Waals surface area contributed by atoms with Crippen LogP contribution in [-0.4, -0.2) is 11.9 Å². The van der Waals surface area contributed by atoms with Gasteiger partial charge in [0.1, 0.15) is 0 Å². The van der Waals surface area contributed by atoms with Crippen molar-refractivity contribution in [1.29, 1.82) is 0 Å². The molecule has 0 aliphatic rings. The van der Waals surface area contributed by atoms with Gasteiger partial charge in [-0.3, -0.25) is 4.79 Å². The van der Waals surface area contributed by atoms with Crippen molar-refractivity contribution in [1.82, 2.24) is 5.32 Å². The molecular formula is C12H15F2NO. The molecule has 0 fully saturated rings. The molecule has 1 amide bonds. The zero-order chi connectivity index (χ0) is 12.1. The number of carbonyl (C=O) groups is 1. The van der Waals surface area contributed by atoms with Gasteiger partial charge in [-0.1, -0.05) is 13.3 Å². The normalized spacial score (nSPS) is 12.2. The Morgan fingerprint density at radius 2 is 2.06 bits per heavy atom. The van der Waals surface area contributed by atoms with Crippen molar-refractivity contribution >= 4 is 5.91 Å². The van der Waals surface area contributed by atoms with Crippen LogP contribution in [0.4, 0.5) is 8.78 Å². The smallest absolute Gasteiger partial charge is 0.251 e. The molecule has 0 spiro atoms. The van der Waals surface area contributed by atoms with E-state index < -0.39 is 11.6 Å². The van der Waals surface area contributed by atoms with Crippen molar-refractivity contribution in [3.63, 3.8) is 0 Å². The number of hydrogen-bond donors (Lipinski definition) is 1. The second-order valence-corrected chi connectivity index (χ2v) is 3.79. The average Bonchev–Trinajstić information content (AvgIpc) is 2.22. The van der Waals surface area contributed by atoms with Gasteiger partial charge in [0.25, 0.3) is 5.91 Å². The maximum absolute atomic E-state index is 12.9. The monoisotopic (exact) mass is 227 g/mol.